The van der Waals surface area contributed by atoms with Gasteiger partial charge in [-0.1, -0.05) is 13.8 Å². The lowest BCUT2D eigenvalue weighted by molar-refractivity contribution is -0.137. The van der Waals surface area contributed by atoms with Gasteiger partial charge in [-0.2, -0.15) is 13.2 Å². The van der Waals surface area contributed by atoms with E-state index in [1.54, 1.807) is 0 Å². The molecule has 0 aromatic heterocycles. The number of halogens is 3. The minimum atomic E-state index is -4.49. The third-order valence-electron chi connectivity index (χ3n) is 6.31. The minimum Gasteiger partial charge on any atom is -0.378 e. The Morgan fingerprint density at radius 2 is 1.93 bits per heavy atom. The molecule has 1 aliphatic carbocycles. The molecule has 160 valence electrons. The smallest absolute Gasteiger partial charge is 0.378 e. The zero-order valence-electron chi connectivity index (χ0n) is 16.5. The molecule has 3 fully saturated rings. The van der Waals surface area contributed by atoms with Crippen molar-refractivity contribution in [2.24, 2.45) is 11.3 Å². The van der Waals surface area contributed by atoms with Gasteiger partial charge in [0.15, 0.2) is 0 Å². The van der Waals surface area contributed by atoms with Crippen LogP contribution in [-0.2, 0) is 15.7 Å². The van der Waals surface area contributed by atoms with E-state index < -0.39 is 17.8 Å². The Hall–Kier alpha value is -2.00. The van der Waals surface area contributed by atoms with Crippen molar-refractivity contribution in [3.63, 3.8) is 0 Å². The summed E-state index contributed by atoms with van der Waals surface area (Å²) in [6.45, 7) is 6.84. The Kier molecular flexibility index (Phi) is 5.14. The van der Waals surface area contributed by atoms with Crippen molar-refractivity contribution < 1.29 is 27.4 Å². The first-order chi connectivity index (χ1) is 13.7. The van der Waals surface area contributed by atoms with Crippen LogP contribution in [0.4, 0.5) is 29.3 Å². The number of urea groups is 1. The number of nitrogens with zero attached hydrogens (tertiary/aromatic N) is 1. The van der Waals surface area contributed by atoms with Crippen LogP contribution >= 0.6 is 0 Å². The highest BCUT2D eigenvalue weighted by Gasteiger charge is 2.59. The number of nitrogens with one attached hydrogen (secondary N) is 2. The summed E-state index contributed by atoms with van der Waals surface area (Å²) < 4.78 is 50.7. The fourth-order valence-corrected chi connectivity index (χ4v) is 4.81. The largest absolute Gasteiger partial charge is 0.416 e. The van der Waals surface area contributed by atoms with Gasteiger partial charge in [0.25, 0.3) is 0 Å². The predicted molar refractivity (Wildman–Crippen MR) is 102 cm³/mol. The van der Waals surface area contributed by atoms with Gasteiger partial charge in [-0.25, -0.2) is 4.79 Å². The first-order valence-electron chi connectivity index (χ1n) is 9.91. The Morgan fingerprint density at radius 3 is 2.62 bits per heavy atom. The van der Waals surface area contributed by atoms with E-state index in [4.69, 9.17) is 9.47 Å². The molecule has 9 heteroatoms. The number of amides is 2. The van der Waals surface area contributed by atoms with Crippen molar-refractivity contribution in [2.45, 2.75) is 38.6 Å². The van der Waals surface area contributed by atoms with Gasteiger partial charge < -0.3 is 25.0 Å². The number of rotatable bonds is 3. The fourth-order valence-electron chi connectivity index (χ4n) is 4.81. The van der Waals surface area contributed by atoms with Crippen molar-refractivity contribution >= 4 is 17.4 Å². The average molecular weight is 413 g/mol. The molecule has 2 amide bonds. The number of alkyl halides is 3. The summed E-state index contributed by atoms with van der Waals surface area (Å²) in [7, 11) is 0. The third-order valence-corrected chi connectivity index (χ3v) is 6.31. The van der Waals surface area contributed by atoms with Gasteiger partial charge in [-0.05, 0) is 24.6 Å². The normalized spacial score (nSPS) is 28.4. The molecule has 6 nitrogen and oxygen atoms in total. The van der Waals surface area contributed by atoms with Crippen LogP contribution in [-0.4, -0.2) is 51.1 Å². The number of benzene rings is 1. The van der Waals surface area contributed by atoms with E-state index in [1.807, 2.05) is 18.7 Å². The maximum Gasteiger partial charge on any atom is 0.416 e. The van der Waals surface area contributed by atoms with Crippen LogP contribution in [0.25, 0.3) is 0 Å². The Morgan fingerprint density at radius 1 is 1.21 bits per heavy atom. The first kappa shape index (κ1) is 20.3. The summed E-state index contributed by atoms with van der Waals surface area (Å²) in [5, 5.41) is 5.62. The molecular formula is C20H26F3N3O3. The summed E-state index contributed by atoms with van der Waals surface area (Å²) in [5.41, 5.74) is -0.292. The Labute approximate surface area is 167 Å². The van der Waals surface area contributed by atoms with Crippen LogP contribution in [0.1, 0.15) is 25.8 Å². The van der Waals surface area contributed by atoms with Crippen molar-refractivity contribution in [1.29, 1.82) is 0 Å². The van der Waals surface area contributed by atoms with Crippen molar-refractivity contribution in [3.05, 3.63) is 23.8 Å². The molecule has 4 rings (SSSR count). The number of anilines is 2. The lowest BCUT2D eigenvalue weighted by atomic mass is 9.57. The van der Waals surface area contributed by atoms with Crippen molar-refractivity contribution in [2.75, 3.05) is 43.1 Å². The summed E-state index contributed by atoms with van der Waals surface area (Å²) >= 11 is 0. The number of carbonyl (C=O) groups excluding carboxylic acids is 1. The van der Waals surface area contributed by atoms with E-state index in [1.165, 1.54) is 6.07 Å². The molecule has 29 heavy (non-hydrogen) atoms. The molecule has 2 saturated heterocycles. The summed E-state index contributed by atoms with van der Waals surface area (Å²) in [5.74, 6) is 0.246. The molecule has 1 saturated carbocycles. The van der Waals surface area contributed by atoms with Crippen LogP contribution in [0.2, 0.25) is 0 Å². The van der Waals surface area contributed by atoms with Gasteiger partial charge in [-0.3, -0.25) is 0 Å². The van der Waals surface area contributed by atoms with E-state index >= 15 is 0 Å². The highest BCUT2D eigenvalue weighted by atomic mass is 19.4. The van der Waals surface area contributed by atoms with Crippen molar-refractivity contribution in [1.82, 2.24) is 5.32 Å². The molecule has 3 aliphatic rings. The maximum absolute atomic E-state index is 13.2. The van der Waals surface area contributed by atoms with Gasteiger partial charge in [0.05, 0.1) is 36.3 Å². The van der Waals surface area contributed by atoms with Gasteiger partial charge in [0.2, 0.25) is 0 Å². The van der Waals surface area contributed by atoms with Crippen LogP contribution in [0.3, 0.4) is 0 Å². The van der Waals surface area contributed by atoms with E-state index in [2.05, 4.69) is 10.6 Å². The SMILES string of the molecule is CC1(C)[C@H](NC(=O)Nc2cc(C(F)(F)F)ccc2N2CCOCC2)[C@H]2CCO[C@H]21. The highest BCUT2D eigenvalue weighted by Crippen LogP contribution is 2.52. The average Bonchev–Trinajstić information content (AvgIpc) is 3.13. The monoisotopic (exact) mass is 413 g/mol. The van der Waals surface area contributed by atoms with Crippen LogP contribution in [0.5, 0.6) is 0 Å². The molecule has 2 aliphatic heterocycles. The van der Waals surface area contributed by atoms with Crippen molar-refractivity contribution in [3.8, 4) is 0 Å². The Balaban J connectivity index is 1.53. The summed E-state index contributed by atoms with van der Waals surface area (Å²) in [6, 6.07) is 2.88. The number of carbonyl (C=O) groups is 1. The van der Waals surface area contributed by atoms with E-state index in [-0.39, 0.29) is 29.2 Å². The number of ether oxygens (including phenoxy) is 2. The van der Waals surface area contributed by atoms with Crippen LogP contribution in [0.15, 0.2) is 18.2 Å². The number of hydrogen-bond donors (Lipinski definition) is 2. The van der Waals surface area contributed by atoms with Gasteiger partial charge in [-0.15, -0.1) is 0 Å². The second-order valence-corrected chi connectivity index (χ2v) is 8.47. The lowest BCUT2D eigenvalue weighted by Gasteiger charge is -2.54. The van der Waals surface area contributed by atoms with E-state index in [0.29, 0.717) is 38.6 Å². The molecule has 2 heterocycles. The van der Waals surface area contributed by atoms with Gasteiger partial charge in [0, 0.05) is 37.1 Å². The number of fused-ring (bicyclic) bond motifs is 1. The first-order valence-corrected chi connectivity index (χ1v) is 9.91. The summed E-state index contributed by atoms with van der Waals surface area (Å²) in [4.78, 5) is 14.6. The molecule has 2 N–H and O–H groups in total. The van der Waals surface area contributed by atoms with Crippen LogP contribution in [0, 0.1) is 11.3 Å². The second kappa shape index (κ2) is 7.36. The second-order valence-electron chi connectivity index (χ2n) is 8.47. The molecule has 0 bridgehead atoms. The van der Waals surface area contributed by atoms with Crippen LogP contribution < -0.4 is 15.5 Å². The number of hydrogen-bond acceptors (Lipinski definition) is 4. The van der Waals surface area contributed by atoms with Gasteiger partial charge in [0.1, 0.15) is 0 Å². The number of morpholine rings is 1. The molecule has 0 unspecified atom stereocenters. The topological polar surface area (TPSA) is 62.8 Å². The zero-order chi connectivity index (χ0) is 20.8. The predicted octanol–water partition coefficient (Wildman–Crippen LogP) is 3.48. The van der Waals surface area contributed by atoms with E-state index in [9.17, 15) is 18.0 Å². The quantitative estimate of drug-likeness (QED) is 0.797. The molecule has 1 aromatic rings. The highest BCUT2D eigenvalue weighted by molar-refractivity contribution is 5.93. The van der Waals surface area contributed by atoms with E-state index in [0.717, 1.165) is 18.6 Å². The third kappa shape index (κ3) is 3.77. The minimum absolute atomic E-state index is 0.0763. The molecule has 3 atom stereocenters. The molecular weight excluding hydrogens is 387 g/mol. The Bertz CT molecular complexity index is 778. The lowest BCUT2D eigenvalue weighted by Crippen LogP contribution is -2.67. The van der Waals surface area contributed by atoms with Gasteiger partial charge >= 0.3 is 12.2 Å². The zero-order valence-corrected chi connectivity index (χ0v) is 16.5. The fraction of sp³-hybridized carbons (Fsp3) is 0.650. The molecule has 1 aromatic carbocycles. The summed E-state index contributed by atoms with van der Waals surface area (Å²) in [6.07, 6.45) is -3.49. The molecule has 0 radical (unpaired) electrons. The molecule has 0 spiro atoms. The standard InChI is InChI=1S/C20H26F3N3O3/c1-19(2)16(13-5-8-29-17(13)19)25-18(27)24-14-11-12(20(21,22)23)3-4-15(14)26-6-9-28-10-7-26/h3-4,11,13,16-17H,5-10H2,1-2H3,(H2,24,25,27)/t13-,16-,17-/m1/s1. The maximum atomic E-state index is 13.2.